The van der Waals surface area contributed by atoms with Crippen LogP contribution in [-0.2, 0) is 17.8 Å². The Morgan fingerprint density at radius 3 is 2.48 bits per heavy atom. The van der Waals surface area contributed by atoms with Crippen molar-refractivity contribution < 1.29 is 9.59 Å². The van der Waals surface area contributed by atoms with Gasteiger partial charge >= 0.3 is 6.03 Å². The summed E-state index contributed by atoms with van der Waals surface area (Å²) in [6.45, 7) is 1.41. The zero-order valence-electron chi connectivity index (χ0n) is 15.4. The van der Waals surface area contributed by atoms with Gasteiger partial charge in [0.2, 0.25) is 5.91 Å². The Hall–Kier alpha value is -2.34. The average Bonchev–Trinajstić information content (AvgIpc) is 3.34. The van der Waals surface area contributed by atoms with Crippen LogP contribution in [0.4, 0.5) is 16.2 Å². The van der Waals surface area contributed by atoms with Crippen molar-refractivity contribution in [1.29, 1.82) is 0 Å². The maximum atomic E-state index is 12.5. The molecule has 1 aliphatic heterocycles. The van der Waals surface area contributed by atoms with Crippen LogP contribution in [0.25, 0.3) is 0 Å². The Kier molecular flexibility index (Phi) is 5.43. The van der Waals surface area contributed by atoms with Crippen LogP contribution in [0.5, 0.6) is 0 Å². The molecule has 3 amide bonds. The molecule has 2 aromatic rings. The van der Waals surface area contributed by atoms with E-state index in [9.17, 15) is 9.59 Å². The molecular formula is C21H25N3O2S. The highest BCUT2D eigenvalue weighted by Crippen LogP contribution is 2.28. The SMILES string of the molecule is O=C(CC1CCCC1)Nc1ccc(NC(=O)N2CCc3sccc3C2)cc1. The monoisotopic (exact) mass is 383 g/mol. The molecule has 2 N–H and O–H groups in total. The first kappa shape index (κ1) is 18.0. The molecule has 0 bridgehead atoms. The van der Waals surface area contributed by atoms with Crippen molar-refractivity contribution in [3.63, 3.8) is 0 Å². The number of rotatable bonds is 4. The third-order valence-corrected chi connectivity index (χ3v) is 6.49. The van der Waals surface area contributed by atoms with E-state index in [-0.39, 0.29) is 11.9 Å². The summed E-state index contributed by atoms with van der Waals surface area (Å²) in [4.78, 5) is 27.9. The summed E-state index contributed by atoms with van der Waals surface area (Å²) in [5.74, 6) is 0.621. The summed E-state index contributed by atoms with van der Waals surface area (Å²) in [5.41, 5.74) is 2.77. The van der Waals surface area contributed by atoms with Gasteiger partial charge in [0, 0.05) is 35.8 Å². The summed E-state index contributed by atoms with van der Waals surface area (Å²) >= 11 is 1.77. The van der Waals surface area contributed by atoms with Gasteiger partial charge in [-0.05, 0) is 66.5 Å². The number of hydrogen-bond donors (Lipinski definition) is 2. The van der Waals surface area contributed by atoms with Crippen LogP contribution in [0.15, 0.2) is 35.7 Å². The summed E-state index contributed by atoms with van der Waals surface area (Å²) in [5, 5.41) is 8.00. The number of fused-ring (bicyclic) bond motifs is 1. The molecular weight excluding hydrogens is 358 g/mol. The molecule has 5 nitrogen and oxygen atoms in total. The Morgan fingerprint density at radius 2 is 1.74 bits per heavy atom. The van der Waals surface area contributed by atoms with Gasteiger partial charge in [-0.25, -0.2) is 4.79 Å². The third-order valence-electron chi connectivity index (χ3n) is 5.46. The fourth-order valence-corrected chi connectivity index (χ4v) is 4.84. The lowest BCUT2D eigenvalue weighted by Crippen LogP contribution is -2.38. The largest absolute Gasteiger partial charge is 0.326 e. The van der Waals surface area contributed by atoms with E-state index >= 15 is 0 Å². The highest BCUT2D eigenvalue weighted by molar-refractivity contribution is 7.10. The molecule has 0 saturated heterocycles. The van der Waals surface area contributed by atoms with E-state index in [1.54, 1.807) is 11.3 Å². The Bertz CT molecular complexity index is 809. The van der Waals surface area contributed by atoms with E-state index in [1.165, 1.54) is 36.1 Å². The molecule has 4 rings (SSSR count). The Morgan fingerprint density at radius 1 is 1.04 bits per heavy atom. The lowest BCUT2D eigenvalue weighted by molar-refractivity contribution is -0.117. The predicted octanol–water partition coefficient (Wildman–Crippen LogP) is 4.86. The zero-order chi connectivity index (χ0) is 18.6. The van der Waals surface area contributed by atoms with Gasteiger partial charge in [-0.2, -0.15) is 0 Å². The molecule has 2 aliphatic rings. The van der Waals surface area contributed by atoms with Gasteiger partial charge in [0.25, 0.3) is 0 Å². The summed E-state index contributed by atoms with van der Waals surface area (Å²) in [6, 6.07) is 9.38. The number of anilines is 2. The first-order chi connectivity index (χ1) is 13.2. The summed E-state index contributed by atoms with van der Waals surface area (Å²) in [7, 11) is 0. The van der Waals surface area contributed by atoms with E-state index < -0.39 is 0 Å². The summed E-state index contributed by atoms with van der Waals surface area (Å²) in [6.07, 6.45) is 6.36. The number of carbonyl (C=O) groups is 2. The van der Waals surface area contributed by atoms with Crippen LogP contribution in [0.3, 0.4) is 0 Å². The molecule has 27 heavy (non-hydrogen) atoms. The van der Waals surface area contributed by atoms with Gasteiger partial charge < -0.3 is 15.5 Å². The van der Waals surface area contributed by atoms with Crippen molar-refractivity contribution in [3.8, 4) is 0 Å². The van der Waals surface area contributed by atoms with Gasteiger partial charge in [0.05, 0.1) is 0 Å². The minimum Gasteiger partial charge on any atom is -0.326 e. The fourth-order valence-electron chi connectivity index (χ4n) is 3.95. The van der Waals surface area contributed by atoms with Crippen LogP contribution in [0.1, 0.15) is 42.5 Å². The van der Waals surface area contributed by atoms with E-state index in [4.69, 9.17) is 0 Å². The maximum absolute atomic E-state index is 12.5. The van der Waals surface area contributed by atoms with Crippen LogP contribution in [-0.4, -0.2) is 23.4 Å². The van der Waals surface area contributed by atoms with Gasteiger partial charge in [0.15, 0.2) is 0 Å². The second-order valence-corrected chi connectivity index (χ2v) is 8.45. The van der Waals surface area contributed by atoms with Crippen LogP contribution in [0, 0.1) is 5.92 Å². The molecule has 1 aromatic carbocycles. The first-order valence-electron chi connectivity index (χ1n) is 9.68. The third kappa shape index (κ3) is 4.50. The van der Waals surface area contributed by atoms with Crippen LogP contribution < -0.4 is 10.6 Å². The van der Waals surface area contributed by atoms with Gasteiger partial charge in [-0.15, -0.1) is 11.3 Å². The van der Waals surface area contributed by atoms with Crippen molar-refractivity contribution in [2.24, 2.45) is 5.92 Å². The second kappa shape index (κ2) is 8.13. The molecule has 2 heterocycles. The highest BCUT2D eigenvalue weighted by Gasteiger charge is 2.21. The second-order valence-electron chi connectivity index (χ2n) is 7.45. The summed E-state index contributed by atoms with van der Waals surface area (Å²) < 4.78 is 0. The topological polar surface area (TPSA) is 61.4 Å². The van der Waals surface area contributed by atoms with Crippen LogP contribution >= 0.6 is 11.3 Å². The molecule has 0 spiro atoms. The van der Waals surface area contributed by atoms with Gasteiger partial charge in [0.1, 0.15) is 0 Å². The number of urea groups is 1. The number of amides is 3. The van der Waals surface area contributed by atoms with E-state index in [0.717, 1.165) is 24.3 Å². The minimum absolute atomic E-state index is 0.0788. The first-order valence-corrected chi connectivity index (χ1v) is 10.6. The van der Waals surface area contributed by atoms with E-state index in [0.29, 0.717) is 18.9 Å². The standard InChI is InChI=1S/C21H25N3O2S/c25-20(13-15-3-1-2-4-15)22-17-5-7-18(8-6-17)23-21(26)24-11-9-19-16(14-24)10-12-27-19/h5-8,10,12,15H,1-4,9,11,13-14H2,(H,22,25)(H,23,26). The molecule has 1 aliphatic carbocycles. The maximum Gasteiger partial charge on any atom is 0.322 e. The molecule has 1 aromatic heterocycles. The molecule has 0 atom stereocenters. The van der Waals surface area contributed by atoms with Crippen molar-refractivity contribution in [3.05, 3.63) is 46.2 Å². The smallest absolute Gasteiger partial charge is 0.322 e. The quantitative estimate of drug-likeness (QED) is 0.792. The van der Waals surface area contributed by atoms with E-state index in [2.05, 4.69) is 22.1 Å². The van der Waals surface area contributed by atoms with E-state index in [1.807, 2.05) is 29.2 Å². The number of carbonyl (C=O) groups excluding carboxylic acids is 2. The highest BCUT2D eigenvalue weighted by atomic mass is 32.1. The van der Waals surface area contributed by atoms with Crippen LogP contribution in [0.2, 0.25) is 0 Å². The average molecular weight is 384 g/mol. The number of nitrogens with zero attached hydrogens (tertiary/aromatic N) is 1. The number of hydrogen-bond acceptors (Lipinski definition) is 3. The van der Waals surface area contributed by atoms with Gasteiger partial charge in [-0.3, -0.25) is 4.79 Å². The fraction of sp³-hybridized carbons (Fsp3) is 0.429. The lowest BCUT2D eigenvalue weighted by Gasteiger charge is -2.27. The molecule has 0 radical (unpaired) electrons. The Labute approximate surface area is 163 Å². The molecule has 6 heteroatoms. The van der Waals surface area contributed by atoms with Crippen molar-refractivity contribution >= 4 is 34.6 Å². The van der Waals surface area contributed by atoms with Crippen molar-refractivity contribution in [1.82, 2.24) is 4.90 Å². The Balaban J connectivity index is 1.28. The van der Waals surface area contributed by atoms with Crippen molar-refractivity contribution in [2.75, 3.05) is 17.2 Å². The molecule has 1 saturated carbocycles. The number of thiophene rings is 1. The van der Waals surface area contributed by atoms with Gasteiger partial charge in [-0.1, -0.05) is 12.8 Å². The zero-order valence-corrected chi connectivity index (χ0v) is 16.2. The predicted molar refractivity (Wildman–Crippen MR) is 109 cm³/mol. The molecule has 1 fully saturated rings. The number of benzene rings is 1. The van der Waals surface area contributed by atoms with Crippen molar-refractivity contribution in [2.45, 2.75) is 45.1 Å². The number of nitrogens with one attached hydrogen (secondary N) is 2. The lowest BCUT2D eigenvalue weighted by atomic mass is 10.0. The normalized spacial score (nSPS) is 16.8. The minimum atomic E-state index is -0.0788. The molecule has 142 valence electrons. The molecule has 0 unspecified atom stereocenters.